The quantitative estimate of drug-likeness (QED) is 0.0504. The monoisotopic (exact) mass is 1110 g/mol. The SMILES string of the molecule is COc1cc(-c2cccc3cc([C@H](C)Nc4nc(N)ncc4C(=O)NC4CC4)n(-c4ccccc4)c(=O)c23)ccn1.COc1cc(-c2cccc3cc([C@H](C)Nc4nc(N)ncc4C(=O)O)n(-c4ccccc4)c(=O)c23)ccn1.NC1CC1. The molecule has 10 aromatic rings. The van der Waals surface area contributed by atoms with Gasteiger partial charge >= 0.3 is 5.97 Å². The third-order valence-corrected chi connectivity index (χ3v) is 13.9. The minimum atomic E-state index is -1.20. The fraction of sp³-hybridized carbons (Fsp3) is 0.194. The number of carboxylic acid groups (broad SMARTS) is 1. The van der Waals surface area contributed by atoms with Crippen molar-refractivity contribution in [3.05, 3.63) is 201 Å². The molecule has 2 saturated carbocycles. The number of para-hydroxylation sites is 2. The lowest BCUT2D eigenvalue weighted by atomic mass is 9.98. The number of benzene rings is 4. The largest absolute Gasteiger partial charge is 0.481 e. The number of carbonyl (C=O) groups is 2. The molecule has 21 nitrogen and oxygen atoms in total. The van der Waals surface area contributed by atoms with E-state index in [0.29, 0.717) is 62.7 Å². The lowest BCUT2D eigenvalue weighted by Crippen LogP contribution is -2.29. The number of rotatable bonds is 15. The van der Waals surface area contributed by atoms with Crippen molar-refractivity contribution >= 4 is 57.0 Å². The van der Waals surface area contributed by atoms with Crippen molar-refractivity contribution in [1.29, 1.82) is 0 Å². The van der Waals surface area contributed by atoms with Gasteiger partial charge in [-0.1, -0.05) is 72.8 Å². The summed E-state index contributed by atoms with van der Waals surface area (Å²) in [5.74, 6) is -0.233. The molecule has 10 N–H and O–H groups in total. The van der Waals surface area contributed by atoms with Crippen LogP contribution >= 0.6 is 0 Å². The summed E-state index contributed by atoms with van der Waals surface area (Å²) in [6, 6.07) is 41.0. The summed E-state index contributed by atoms with van der Waals surface area (Å²) in [7, 11) is 3.10. The van der Waals surface area contributed by atoms with Crippen molar-refractivity contribution in [2.24, 2.45) is 5.73 Å². The van der Waals surface area contributed by atoms with E-state index in [9.17, 15) is 24.3 Å². The Morgan fingerprint density at radius 1 is 0.590 bits per heavy atom. The lowest BCUT2D eigenvalue weighted by molar-refractivity contribution is 0.0696. The molecule has 0 unspecified atom stereocenters. The molecule has 21 heteroatoms. The Morgan fingerprint density at radius 3 is 1.43 bits per heavy atom. The van der Waals surface area contributed by atoms with Crippen LogP contribution in [-0.4, -0.2) is 82.3 Å². The molecule has 0 bridgehead atoms. The molecule has 2 aliphatic carbocycles. The number of ether oxygens (including phenoxy) is 2. The van der Waals surface area contributed by atoms with Gasteiger partial charge in [-0.15, -0.1) is 0 Å². The summed E-state index contributed by atoms with van der Waals surface area (Å²) < 4.78 is 13.9. The molecule has 0 aliphatic heterocycles. The van der Waals surface area contributed by atoms with Gasteiger partial charge in [0.05, 0.1) is 37.1 Å². The molecule has 12 rings (SSSR count). The first-order valence-corrected chi connectivity index (χ1v) is 26.8. The molecule has 6 heterocycles. The first-order chi connectivity index (χ1) is 40.2. The highest BCUT2D eigenvalue weighted by atomic mass is 16.5. The highest BCUT2D eigenvalue weighted by molar-refractivity contribution is 6.00. The highest BCUT2D eigenvalue weighted by Gasteiger charge is 2.28. The Bertz CT molecular complexity index is 4150. The van der Waals surface area contributed by atoms with E-state index in [1.807, 2.05) is 141 Å². The van der Waals surface area contributed by atoms with E-state index in [2.05, 4.69) is 45.9 Å². The molecule has 2 aliphatic rings. The van der Waals surface area contributed by atoms with Gasteiger partial charge in [0.1, 0.15) is 22.8 Å². The lowest BCUT2D eigenvalue weighted by Gasteiger charge is -2.23. The zero-order chi connectivity index (χ0) is 58.3. The van der Waals surface area contributed by atoms with Crippen LogP contribution < -0.4 is 53.7 Å². The second-order valence-corrected chi connectivity index (χ2v) is 19.9. The molecular formula is C62H60N14O7. The van der Waals surface area contributed by atoms with Gasteiger partial charge in [-0.2, -0.15) is 9.97 Å². The fourth-order valence-corrected chi connectivity index (χ4v) is 9.43. The molecular weight excluding hydrogens is 1050 g/mol. The van der Waals surface area contributed by atoms with Crippen molar-refractivity contribution in [2.45, 2.75) is 63.7 Å². The number of nitrogens with one attached hydrogen (secondary N) is 3. The van der Waals surface area contributed by atoms with Crippen molar-refractivity contribution in [1.82, 2.24) is 44.4 Å². The standard InChI is InChI=1S/C31H29N7O3.C28H24N6O4.C3H7N/c1-18(35-28-24(17-34-31(32)37-28)29(39)36-21-11-12-21)25-15-20-7-6-10-23(19-13-14-33-26(16-19)41-2)27(20)30(40)38(25)22-8-4-3-5-9-22;1-16(32-25-21(27(36)37)15-31-28(29)33-25)22-13-18-7-6-10-20(17-11-12-30-23(14-17)38-2)24(18)26(35)34(22)19-8-4-3-5-9-19;4-3-1-2-3/h3-10,13-18,21H,11-12H2,1-2H3,(H,36,39)(H3,32,34,35,37);3-16H,1-2H3,(H,36,37)(H3,29,31,32,33);3H,1-2,4H2/t18-;16-;/m00./s1. The molecule has 6 aromatic heterocycles. The van der Waals surface area contributed by atoms with Gasteiger partial charge in [0.15, 0.2) is 0 Å². The molecule has 420 valence electrons. The Labute approximate surface area is 476 Å². The molecule has 0 saturated heterocycles. The summed E-state index contributed by atoms with van der Waals surface area (Å²) in [6.45, 7) is 3.74. The number of aromatic carboxylic acids is 1. The van der Waals surface area contributed by atoms with Crippen molar-refractivity contribution in [3.8, 4) is 45.4 Å². The van der Waals surface area contributed by atoms with E-state index in [4.69, 9.17) is 26.7 Å². The van der Waals surface area contributed by atoms with E-state index < -0.39 is 18.1 Å². The topological polar surface area (TPSA) is 308 Å². The minimum Gasteiger partial charge on any atom is -0.481 e. The van der Waals surface area contributed by atoms with Gasteiger partial charge in [0.2, 0.25) is 23.7 Å². The molecule has 0 radical (unpaired) electrons. The summed E-state index contributed by atoms with van der Waals surface area (Å²) in [5, 5.41) is 21.6. The van der Waals surface area contributed by atoms with Crippen LogP contribution in [0, 0.1) is 0 Å². The van der Waals surface area contributed by atoms with E-state index in [1.54, 1.807) is 41.8 Å². The van der Waals surface area contributed by atoms with Gasteiger partial charge in [-0.05, 0) is 121 Å². The number of pyridine rings is 4. The minimum absolute atomic E-state index is 0.0408. The number of nitrogen functional groups attached to an aromatic ring is 2. The van der Waals surface area contributed by atoms with Crippen LogP contribution in [0.25, 0.3) is 55.2 Å². The Hall–Kier alpha value is -10.5. The van der Waals surface area contributed by atoms with Crippen LogP contribution in [0.2, 0.25) is 0 Å². The summed E-state index contributed by atoms with van der Waals surface area (Å²) >= 11 is 0. The number of carbonyl (C=O) groups excluding carboxylic acids is 1. The van der Waals surface area contributed by atoms with E-state index in [-0.39, 0.29) is 46.3 Å². The van der Waals surface area contributed by atoms with Crippen LogP contribution in [-0.2, 0) is 0 Å². The van der Waals surface area contributed by atoms with Crippen LogP contribution in [0.15, 0.2) is 168 Å². The normalized spacial score (nSPS) is 13.3. The molecule has 2 fully saturated rings. The molecule has 4 aromatic carbocycles. The Morgan fingerprint density at radius 2 is 1.02 bits per heavy atom. The van der Waals surface area contributed by atoms with Crippen LogP contribution in [0.1, 0.15) is 83.7 Å². The smallest absolute Gasteiger partial charge is 0.341 e. The third-order valence-electron chi connectivity index (χ3n) is 13.9. The zero-order valence-corrected chi connectivity index (χ0v) is 45.9. The summed E-state index contributed by atoms with van der Waals surface area (Å²) in [5.41, 5.74) is 22.4. The van der Waals surface area contributed by atoms with E-state index in [0.717, 1.165) is 52.1 Å². The number of methoxy groups -OCH3 is 2. The second kappa shape index (κ2) is 24.4. The van der Waals surface area contributed by atoms with Crippen molar-refractivity contribution in [3.63, 3.8) is 0 Å². The van der Waals surface area contributed by atoms with Crippen molar-refractivity contribution < 1.29 is 24.2 Å². The van der Waals surface area contributed by atoms with Gasteiger partial charge in [0.25, 0.3) is 17.0 Å². The number of hydrogen-bond donors (Lipinski definition) is 7. The maximum absolute atomic E-state index is 14.4. The number of nitrogens with two attached hydrogens (primary N) is 3. The number of anilines is 4. The predicted octanol–water partition coefficient (Wildman–Crippen LogP) is 8.91. The molecule has 0 spiro atoms. The average molecular weight is 1110 g/mol. The fourth-order valence-electron chi connectivity index (χ4n) is 9.43. The second-order valence-electron chi connectivity index (χ2n) is 19.9. The Balaban J connectivity index is 0.000000174. The number of amides is 1. The Kier molecular flexibility index (Phi) is 16.4. The number of carboxylic acids is 1. The average Bonchev–Trinajstić information content (AvgIpc) is 3.10. The number of hydrogen-bond acceptors (Lipinski definition) is 17. The number of aromatic nitrogens is 8. The molecule has 1 amide bonds. The summed E-state index contributed by atoms with van der Waals surface area (Å²) in [6.07, 6.45) is 10.3. The van der Waals surface area contributed by atoms with Gasteiger partial charge < -0.3 is 47.7 Å². The maximum atomic E-state index is 14.4. The first kappa shape index (κ1) is 55.8. The van der Waals surface area contributed by atoms with Crippen LogP contribution in [0.5, 0.6) is 11.8 Å². The van der Waals surface area contributed by atoms with E-state index in [1.165, 1.54) is 19.0 Å². The highest BCUT2D eigenvalue weighted by Crippen LogP contribution is 2.34. The maximum Gasteiger partial charge on any atom is 0.341 e. The van der Waals surface area contributed by atoms with Gasteiger partial charge in [0, 0.05) is 71.8 Å². The summed E-state index contributed by atoms with van der Waals surface area (Å²) in [4.78, 5) is 78.0. The zero-order valence-electron chi connectivity index (χ0n) is 45.9. The van der Waals surface area contributed by atoms with Crippen molar-refractivity contribution in [2.75, 3.05) is 36.3 Å². The predicted molar refractivity (Wildman–Crippen MR) is 320 cm³/mol. The number of nitrogens with zero attached hydrogens (tertiary/aromatic N) is 8. The number of fused-ring (bicyclic) bond motifs is 2. The van der Waals surface area contributed by atoms with Crippen LogP contribution in [0.3, 0.4) is 0 Å². The third kappa shape index (κ3) is 12.6. The van der Waals surface area contributed by atoms with E-state index >= 15 is 0 Å². The molecule has 83 heavy (non-hydrogen) atoms. The van der Waals surface area contributed by atoms with Gasteiger partial charge in [-0.3, -0.25) is 23.5 Å². The van der Waals surface area contributed by atoms with Gasteiger partial charge in [-0.25, -0.2) is 24.7 Å². The first-order valence-electron chi connectivity index (χ1n) is 26.8. The molecule has 2 atom stereocenters. The van der Waals surface area contributed by atoms with Crippen LogP contribution in [0.4, 0.5) is 23.5 Å².